The van der Waals surface area contributed by atoms with E-state index in [1.165, 1.54) is 0 Å². The van der Waals surface area contributed by atoms with Crippen molar-refractivity contribution in [1.82, 2.24) is 0 Å². The summed E-state index contributed by atoms with van der Waals surface area (Å²) in [5.74, 6) is -0.401. The number of ether oxygens (including phenoxy) is 1. The van der Waals surface area contributed by atoms with Crippen LogP contribution in [-0.2, 0) is 26.8 Å². The van der Waals surface area contributed by atoms with Crippen molar-refractivity contribution in [1.29, 1.82) is 0 Å². The van der Waals surface area contributed by atoms with Gasteiger partial charge in [-0.15, -0.1) is 0 Å². The van der Waals surface area contributed by atoms with Crippen molar-refractivity contribution in [2.75, 3.05) is 19.0 Å². The van der Waals surface area contributed by atoms with Crippen LogP contribution < -0.4 is 0 Å². The average molecular weight is 256 g/mol. The molecule has 0 fully saturated rings. The van der Waals surface area contributed by atoms with Crippen LogP contribution in [0.4, 0.5) is 0 Å². The standard InChI is InChI=1S/C12H16O4S/c1-2-16-7-8-17(15)11-5-3-10(4-6-11)9-12(13)14/h3-6H,2,7-9H2,1H3,(H,13,14). The highest BCUT2D eigenvalue weighted by atomic mass is 32.2. The smallest absolute Gasteiger partial charge is 0.307 e. The van der Waals surface area contributed by atoms with Gasteiger partial charge in [0.1, 0.15) is 0 Å². The molecule has 0 saturated heterocycles. The monoisotopic (exact) mass is 256 g/mol. The van der Waals surface area contributed by atoms with Gasteiger partial charge in [0.15, 0.2) is 0 Å². The van der Waals surface area contributed by atoms with Crippen LogP contribution in [0, 0.1) is 0 Å². The van der Waals surface area contributed by atoms with Crippen molar-refractivity contribution in [3.8, 4) is 0 Å². The number of hydrogen-bond acceptors (Lipinski definition) is 3. The van der Waals surface area contributed by atoms with Gasteiger partial charge in [0.25, 0.3) is 0 Å². The highest BCUT2D eigenvalue weighted by molar-refractivity contribution is 7.85. The molecule has 1 N–H and O–H groups in total. The summed E-state index contributed by atoms with van der Waals surface area (Å²) in [6.07, 6.45) is -0.00807. The molecular weight excluding hydrogens is 240 g/mol. The first kappa shape index (κ1) is 13.9. The largest absolute Gasteiger partial charge is 0.481 e. The first-order valence-electron chi connectivity index (χ1n) is 5.40. The van der Waals surface area contributed by atoms with Crippen LogP contribution >= 0.6 is 0 Å². The van der Waals surface area contributed by atoms with Gasteiger partial charge in [-0.1, -0.05) is 12.1 Å². The second-order valence-electron chi connectivity index (χ2n) is 3.46. The molecule has 0 amide bonds. The molecule has 0 radical (unpaired) electrons. The van der Waals surface area contributed by atoms with E-state index in [-0.39, 0.29) is 6.42 Å². The summed E-state index contributed by atoms with van der Waals surface area (Å²) in [5, 5.41) is 8.61. The van der Waals surface area contributed by atoms with E-state index in [1.807, 2.05) is 6.92 Å². The minimum Gasteiger partial charge on any atom is -0.481 e. The predicted molar refractivity (Wildman–Crippen MR) is 65.6 cm³/mol. The van der Waals surface area contributed by atoms with Gasteiger partial charge in [-0.2, -0.15) is 0 Å². The Kier molecular flexibility index (Phi) is 5.86. The maximum absolute atomic E-state index is 11.8. The van der Waals surface area contributed by atoms with E-state index in [2.05, 4.69) is 0 Å². The lowest BCUT2D eigenvalue weighted by atomic mass is 10.2. The average Bonchev–Trinajstić information content (AvgIpc) is 2.29. The zero-order valence-corrected chi connectivity index (χ0v) is 10.5. The van der Waals surface area contributed by atoms with Crippen LogP contribution in [0.5, 0.6) is 0 Å². The van der Waals surface area contributed by atoms with E-state index in [0.717, 1.165) is 0 Å². The van der Waals surface area contributed by atoms with Gasteiger partial charge in [-0.25, -0.2) is 0 Å². The van der Waals surface area contributed by atoms with E-state index >= 15 is 0 Å². The van der Waals surface area contributed by atoms with Gasteiger partial charge in [0.05, 0.1) is 29.6 Å². The zero-order chi connectivity index (χ0) is 12.7. The topological polar surface area (TPSA) is 63.6 Å². The third-order valence-corrected chi connectivity index (χ3v) is 3.49. The molecule has 5 heteroatoms. The summed E-state index contributed by atoms with van der Waals surface area (Å²) in [4.78, 5) is 11.2. The molecular formula is C12H16O4S. The molecule has 0 aliphatic rings. The SMILES string of the molecule is CCOCCS(=O)c1ccc(CC(=O)O)cc1. The van der Waals surface area contributed by atoms with Crippen LogP contribution in [0.25, 0.3) is 0 Å². The molecule has 1 aromatic rings. The van der Waals surface area contributed by atoms with Crippen LogP contribution in [0.15, 0.2) is 29.2 Å². The van der Waals surface area contributed by atoms with Crippen molar-refractivity contribution in [2.45, 2.75) is 18.2 Å². The molecule has 0 bridgehead atoms. The number of benzene rings is 1. The van der Waals surface area contributed by atoms with Gasteiger partial charge >= 0.3 is 5.97 Å². The van der Waals surface area contributed by atoms with Gasteiger partial charge in [0.2, 0.25) is 0 Å². The Labute approximate surface area is 103 Å². The second kappa shape index (κ2) is 7.19. The number of carbonyl (C=O) groups is 1. The molecule has 94 valence electrons. The zero-order valence-electron chi connectivity index (χ0n) is 9.72. The lowest BCUT2D eigenvalue weighted by Gasteiger charge is -2.03. The van der Waals surface area contributed by atoms with E-state index in [1.54, 1.807) is 24.3 Å². The molecule has 0 aliphatic heterocycles. The molecule has 1 unspecified atom stereocenters. The molecule has 0 saturated carbocycles. The van der Waals surface area contributed by atoms with Crippen molar-refractivity contribution < 1.29 is 18.8 Å². The quantitative estimate of drug-likeness (QED) is 0.750. The Morgan fingerprint density at radius 1 is 1.35 bits per heavy atom. The van der Waals surface area contributed by atoms with Crippen LogP contribution in [-0.4, -0.2) is 34.3 Å². The minimum absolute atomic E-state index is 0.00807. The van der Waals surface area contributed by atoms with Crippen molar-refractivity contribution in [2.24, 2.45) is 0 Å². The van der Waals surface area contributed by atoms with Crippen LogP contribution in [0.1, 0.15) is 12.5 Å². The minimum atomic E-state index is -1.08. The molecule has 1 aromatic carbocycles. The number of carboxylic acids is 1. The Morgan fingerprint density at radius 2 is 2.00 bits per heavy atom. The van der Waals surface area contributed by atoms with Gasteiger partial charge in [-0.05, 0) is 24.6 Å². The molecule has 1 rings (SSSR count). The summed E-state index contributed by atoms with van der Waals surface area (Å²) < 4.78 is 16.9. The van der Waals surface area contributed by atoms with Gasteiger partial charge in [0, 0.05) is 11.5 Å². The molecule has 4 nitrogen and oxygen atoms in total. The highest BCUT2D eigenvalue weighted by Crippen LogP contribution is 2.09. The molecule has 1 atom stereocenters. The Bertz CT molecular complexity index is 386. The van der Waals surface area contributed by atoms with Crippen molar-refractivity contribution in [3.63, 3.8) is 0 Å². The first-order valence-corrected chi connectivity index (χ1v) is 6.72. The number of carboxylic acid groups (broad SMARTS) is 1. The molecule has 17 heavy (non-hydrogen) atoms. The molecule has 0 spiro atoms. The predicted octanol–water partition coefficient (Wildman–Crippen LogP) is 1.46. The Morgan fingerprint density at radius 3 is 2.53 bits per heavy atom. The highest BCUT2D eigenvalue weighted by Gasteiger charge is 2.05. The van der Waals surface area contributed by atoms with E-state index < -0.39 is 16.8 Å². The summed E-state index contributed by atoms with van der Waals surface area (Å²) >= 11 is 0. The number of rotatable bonds is 7. The third kappa shape index (κ3) is 5.10. The summed E-state index contributed by atoms with van der Waals surface area (Å²) in [5.41, 5.74) is 0.711. The lowest BCUT2D eigenvalue weighted by Crippen LogP contribution is -2.06. The second-order valence-corrected chi connectivity index (χ2v) is 5.03. The van der Waals surface area contributed by atoms with E-state index in [4.69, 9.17) is 9.84 Å². The molecule has 0 aliphatic carbocycles. The Hall–Kier alpha value is -1.20. The summed E-state index contributed by atoms with van der Waals surface area (Å²) in [6, 6.07) is 6.81. The summed E-state index contributed by atoms with van der Waals surface area (Å²) in [7, 11) is -1.08. The maximum Gasteiger partial charge on any atom is 0.307 e. The fourth-order valence-electron chi connectivity index (χ4n) is 1.33. The number of aliphatic carboxylic acids is 1. The fraction of sp³-hybridized carbons (Fsp3) is 0.417. The third-order valence-electron chi connectivity index (χ3n) is 2.16. The Balaban J connectivity index is 2.54. The van der Waals surface area contributed by atoms with Crippen molar-refractivity contribution >= 4 is 16.8 Å². The summed E-state index contributed by atoms with van der Waals surface area (Å²) in [6.45, 7) is 2.98. The maximum atomic E-state index is 11.8. The van der Waals surface area contributed by atoms with E-state index in [0.29, 0.717) is 29.4 Å². The van der Waals surface area contributed by atoms with Crippen LogP contribution in [0.3, 0.4) is 0 Å². The normalized spacial score (nSPS) is 12.3. The first-order chi connectivity index (χ1) is 8.13. The molecule has 0 aromatic heterocycles. The van der Waals surface area contributed by atoms with Crippen LogP contribution in [0.2, 0.25) is 0 Å². The van der Waals surface area contributed by atoms with Gasteiger partial charge < -0.3 is 9.84 Å². The molecule has 0 heterocycles. The van der Waals surface area contributed by atoms with Crippen molar-refractivity contribution in [3.05, 3.63) is 29.8 Å². The number of hydrogen-bond donors (Lipinski definition) is 1. The van der Waals surface area contributed by atoms with E-state index in [9.17, 15) is 9.00 Å². The lowest BCUT2D eigenvalue weighted by molar-refractivity contribution is -0.136. The fourth-order valence-corrected chi connectivity index (χ4v) is 2.28. The van der Waals surface area contributed by atoms with Gasteiger partial charge in [-0.3, -0.25) is 9.00 Å².